The standard InChI is InChI=1S/C34H41N3O6/c1-4-23-8-10-30(43-22(2)38)19-29(39)16-25(27-17-31(40)34(41)32(18-27)42-3)6-5-12-36-33-15-24(11-13-37-33)7-9-26-20-35-21-28(26)14-23/h11,13,15,17-18,21,23,25,30,40-41H,4,7-10,12,14,16,19-20H2,1-3H3,(H,36,37). The first kappa shape index (κ1) is 31.6. The summed E-state index contributed by atoms with van der Waals surface area (Å²) in [5.41, 5.74) is 4.36. The van der Waals surface area contributed by atoms with Gasteiger partial charge < -0.3 is 25.0 Å². The Morgan fingerprint density at radius 3 is 2.74 bits per heavy atom. The number of pyridine rings is 1. The minimum Gasteiger partial charge on any atom is -0.504 e. The van der Waals surface area contributed by atoms with Crippen molar-refractivity contribution in [2.45, 2.75) is 77.2 Å². The molecule has 3 atom stereocenters. The number of Topliss-reactive ketones (excluding diaryl/α,β-unsaturated/α-hetero) is 1. The van der Waals surface area contributed by atoms with Crippen molar-refractivity contribution in [1.82, 2.24) is 4.98 Å². The molecule has 0 radical (unpaired) electrons. The zero-order chi connectivity index (χ0) is 30.8. The lowest BCUT2D eigenvalue weighted by atomic mass is 9.87. The molecule has 0 fully saturated rings. The number of carbonyl (C=O) groups excluding carboxylic acids is 2. The Morgan fingerprint density at radius 1 is 1.14 bits per heavy atom. The van der Waals surface area contributed by atoms with Gasteiger partial charge in [0.05, 0.1) is 26.1 Å². The highest BCUT2D eigenvalue weighted by atomic mass is 16.5. The topological polar surface area (TPSA) is 130 Å². The zero-order valence-electron chi connectivity index (χ0n) is 25.2. The van der Waals surface area contributed by atoms with Crippen molar-refractivity contribution in [2.75, 3.05) is 25.5 Å². The molecule has 9 nitrogen and oxygen atoms in total. The van der Waals surface area contributed by atoms with Crippen molar-refractivity contribution in [2.24, 2.45) is 10.9 Å². The molecule has 1 aromatic carbocycles. The number of rotatable bonds is 4. The van der Waals surface area contributed by atoms with E-state index in [2.05, 4.69) is 34.1 Å². The van der Waals surface area contributed by atoms with Crippen LogP contribution < -0.4 is 10.1 Å². The number of aromatic nitrogens is 1. The molecule has 3 heterocycles. The lowest BCUT2D eigenvalue weighted by Gasteiger charge is -2.21. The van der Waals surface area contributed by atoms with Gasteiger partial charge >= 0.3 is 5.97 Å². The molecule has 9 heteroatoms. The molecule has 3 unspecified atom stereocenters. The highest BCUT2D eigenvalue weighted by Gasteiger charge is 2.24. The maximum atomic E-state index is 13.4. The molecule has 0 spiro atoms. The first-order valence-electron chi connectivity index (χ1n) is 14.9. The normalized spacial score (nSPS) is 21.7. The monoisotopic (exact) mass is 587 g/mol. The number of aliphatic imine (C=N–C) groups is 1. The number of allylic oxidation sites excluding steroid dienone is 1. The van der Waals surface area contributed by atoms with Gasteiger partial charge in [0.2, 0.25) is 5.75 Å². The SMILES string of the molecule is CCC1CCC(OC(C)=O)CC(=O)CC(c2cc(O)c(O)c(OC)c2)C#CCNc2cc(ccn2)CCC2=C(C=NC2)C1. The summed E-state index contributed by atoms with van der Waals surface area (Å²) in [6.07, 6.45) is 8.44. The quantitative estimate of drug-likeness (QED) is 0.243. The van der Waals surface area contributed by atoms with Crippen molar-refractivity contribution >= 4 is 23.8 Å². The van der Waals surface area contributed by atoms with E-state index in [9.17, 15) is 19.8 Å². The highest BCUT2D eigenvalue weighted by molar-refractivity contribution is 5.82. The van der Waals surface area contributed by atoms with Crippen LogP contribution in [0.1, 0.15) is 75.8 Å². The van der Waals surface area contributed by atoms with Crippen LogP contribution in [0, 0.1) is 17.8 Å². The highest BCUT2D eigenvalue weighted by Crippen LogP contribution is 2.39. The number of phenols is 2. The fourth-order valence-corrected chi connectivity index (χ4v) is 5.63. The van der Waals surface area contributed by atoms with Gasteiger partial charge in [0.15, 0.2) is 11.5 Å². The number of ether oxygens (including phenoxy) is 2. The van der Waals surface area contributed by atoms with Crippen LogP contribution in [0.15, 0.2) is 46.6 Å². The van der Waals surface area contributed by atoms with E-state index in [1.54, 1.807) is 12.3 Å². The summed E-state index contributed by atoms with van der Waals surface area (Å²) in [4.78, 5) is 34.3. The molecule has 1 aromatic heterocycles. The number of esters is 1. The van der Waals surface area contributed by atoms with Crippen molar-refractivity contribution in [1.29, 1.82) is 0 Å². The number of aromatic hydroxyl groups is 2. The van der Waals surface area contributed by atoms with Gasteiger partial charge in [-0.25, -0.2) is 4.98 Å². The molecule has 2 aromatic rings. The first-order valence-corrected chi connectivity index (χ1v) is 14.9. The summed E-state index contributed by atoms with van der Waals surface area (Å²) >= 11 is 0. The van der Waals surface area contributed by atoms with Gasteiger partial charge in [0.1, 0.15) is 17.7 Å². The van der Waals surface area contributed by atoms with Crippen LogP contribution in [-0.2, 0) is 20.7 Å². The number of methoxy groups -OCH3 is 1. The fraction of sp³-hybridized carbons (Fsp3) is 0.471. The van der Waals surface area contributed by atoms with E-state index < -0.39 is 18.0 Å². The summed E-state index contributed by atoms with van der Waals surface area (Å²) in [6, 6.07) is 7.02. The summed E-state index contributed by atoms with van der Waals surface area (Å²) in [6.45, 7) is 4.55. The number of anilines is 1. The molecule has 0 saturated carbocycles. The van der Waals surface area contributed by atoms with Gasteiger partial charge in [0.25, 0.3) is 0 Å². The Bertz CT molecular complexity index is 1440. The minimum atomic E-state index is -0.590. The number of ketones is 1. The van der Waals surface area contributed by atoms with Crippen LogP contribution in [0.25, 0.3) is 0 Å². The second-order valence-electron chi connectivity index (χ2n) is 11.2. The maximum Gasteiger partial charge on any atom is 0.302 e. The van der Waals surface area contributed by atoms with E-state index in [4.69, 9.17) is 9.47 Å². The number of hydrogen-bond donors (Lipinski definition) is 3. The molecule has 43 heavy (non-hydrogen) atoms. The van der Waals surface area contributed by atoms with Crippen LogP contribution in [0.5, 0.6) is 17.2 Å². The Hall–Kier alpha value is -4.32. The lowest BCUT2D eigenvalue weighted by molar-refractivity contribution is -0.148. The van der Waals surface area contributed by atoms with Crippen LogP contribution in [0.3, 0.4) is 0 Å². The summed E-state index contributed by atoms with van der Waals surface area (Å²) in [5, 5.41) is 23.7. The Balaban J connectivity index is 1.64. The largest absolute Gasteiger partial charge is 0.504 e. The van der Waals surface area contributed by atoms with Gasteiger partial charge in [-0.1, -0.05) is 25.2 Å². The number of nitrogens with one attached hydrogen (secondary N) is 1. The third-order valence-electron chi connectivity index (χ3n) is 8.06. The maximum absolute atomic E-state index is 13.4. The van der Waals surface area contributed by atoms with Gasteiger partial charge in [-0.05, 0) is 84.6 Å². The number of carbonyl (C=O) groups is 2. The molecule has 4 rings (SSSR count). The predicted octanol–water partition coefficient (Wildman–Crippen LogP) is 5.51. The fourth-order valence-electron chi connectivity index (χ4n) is 5.63. The smallest absolute Gasteiger partial charge is 0.302 e. The van der Waals surface area contributed by atoms with Crippen LogP contribution in [0.4, 0.5) is 5.82 Å². The molecule has 2 bridgehead atoms. The Labute approximate surface area is 253 Å². The predicted molar refractivity (Wildman–Crippen MR) is 166 cm³/mol. The van der Waals surface area contributed by atoms with Gasteiger partial charge in [-0.2, -0.15) is 0 Å². The van der Waals surface area contributed by atoms with Crippen molar-refractivity contribution in [3.8, 4) is 29.1 Å². The van der Waals surface area contributed by atoms with E-state index in [-0.39, 0.29) is 35.9 Å². The second-order valence-corrected chi connectivity index (χ2v) is 11.2. The minimum absolute atomic E-state index is 0.0375. The molecule has 2 aliphatic heterocycles. The summed E-state index contributed by atoms with van der Waals surface area (Å²) < 4.78 is 10.8. The number of aryl methyl sites for hydroxylation is 1. The van der Waals surface area contributed by atoms with Crippen LogP contribution in [0.2, 0.25) is 0 Å². The van der Waals surface area contributed by atoms with Gasteiger partial charge in [-0.15, -0.1) is 0 Å². The van der Waals surface area contributed by atoms with Crippen LogP contribution in [-0.4, -0.2) is 59.5 Å². The number of nitrogens with zero attached hydrogens (tertiary/aromatic N) is 2. The van der Waals surface area contributed by atoms with E-state index in [1.807, 2.05) is 18.3 Å². The third kappa shape index (κ3) is 9.08. The van der Waals surface area contributed by atoms with Crippen molar-refractivity contribution < 1.29 is 29.3 Å². The van der Waals surface area contributed by atoms with E-state index in [0.29, 0.717) is 30.3 Å². The molecule has 0 saturated heterocycles. The lowest BCUT2D eigenvalue weighted by Crippen LogP contribution is -2.22. The van der Waals surface area contributed by atoms with Crippen molar-refractivity contribution in [3.63, 3.8) is 0 Å². The zero-order valence-corrected chi connectivity index (χ0v) is 25.2. The van der Waals surface area contributed by atoms with Gasteiger partial charge in [-0.3, -0.25) is 14.6 Å². The molecule has 0 aliphatic carbocycles. The Kier molecular flexibility index (Phi) is 11.2. The molecule has 2 aliphatic rings. The molecular formula is C34H41N3O6. The molecule has 0 amide bonds. The van der Waals surface area contributed by atoms with E-state index >= 15 is 0 Å². The molecule has 228 valence electrons. The average molecular weight is 588 g/mol. The average Bonchev–Trinajstić information content (AvgIpc) is 3.43. The molecule has 3 N–H and O–H groups in total. The van der Waals surface area contributed by atoms with E-state index in [1.165, 1.54) is 36.8 Å². The second kappa shape index (κ2) is 15.2. The number of hydrogen-bond acceptors (Lipinski definition) is 9. The van der Waals surface area contributed by atoms with E-state index in [0.717, 1.165) is 38.6 Å². The first-order chi connectivity index (χ1) is 20.7. The van der Waals surface area contributed by atoms with Gasteiger partial charge in [0, 0.05) is 32.2 Å². The number of benzene rings is 1. The third-order valence-corrected chi connectivity index (χ3v) is 8.06. The number of fused-ring (bicyclic) bond motifs is 2. The van der Waals surface area contributed by atoms with Crippen LogP contribution >= 0.6 is 0 Å². The molecular weight excluding hydrogens is 546 g/mol. The summed E-state index contributed by atoms with van der Waals surface area (Å²) in [5.74, 6) is 5.57. The van der Waals surface area contributed by atoms with Crippen molar-refractivity contribution in [3.05, 3.63) is 52.7 Å². The Morgan fingerprint density at radius 2 is 1.98 bits per heavy atom. The number of phenolic OH excluding ortho intramolecular Hbond substituents is 2. The summed E-state index contributed by atoms with van der Waals surface area (Å²) in [7, 11) is 1.39.